The summed E-state index contributed by atoms with van der Waals surface area (Å²) in [5.74, 6) is -0.364. The molecule has 0 bridgehead atoms. The maximum atomic E-state index is 12.7. The number of carbonyl (C=O) groups is 2. The summed E-state index contributed by atoms with van der Waals surface area (Å²) >= 11 is 0. The minimum atomic E-state index is -1.07. The van der Waals surface area contributed by atoms with Crippen molar-refractivity contribution in [3.8, 4) is 0 Å². The molecule has 5 nitrogen and oxygen atoms in total. The molecule has 0 atom stereocenters. The summed E-state index contributed by atoms with van der Waals surface area (Å²) in [6, 6.07) is 5.78. The van der Waals surface area contributed by atoms with Crippen LogP contribution in [0.15, 0.2) is 18.2 Å². The third kappa shape index (κ3) is 3.91. The van der Waals surface area contributed by atoms with E-state index in [9.17, 15) is 9.59 Å². The number of likely N-dealkylation sites (N-methyl/N-ethyl adjacent to an activating group) is 1. The van der Waals surface area contributed by atoms with Gasteiger partial charge in [0.25, 0.3) is 0 Å². The van der Waals surface area contributed by atoms with Gasteiger partial charge >= 0.3 is 0 Å². The molecule has 1 N–H and O–H groups in total. The van der Waals surface area contributed by atoms with Gasteiger partial charge in [0.2, 0.25) is 11.8 Å². The number of piperazine rings is 1. The van der Waals surface area contributed by atoms with E-state index in [-0.39, 0.29) is 11.8 Å². The summed E-state index contributed by atoms with van der Waals surface area (Å²) in [7, 11) is 2.04. The molecule has 0 saturated carbocycles. The summed E-state index contributed by atoms with van der Waals surface area (Å²) in [6.07, 6.45) is 0. The highest BCUT2D eigenvalue weighted by molar-refractivity contribution is 6.09. The molecule has 1 aromatic rings. The smallest absolute Gasteiger partial charge is 0.239 e. The summed E-state index contributed by atoms with van der Waals surface area (Å²) in [6.45, 7) is 10.5. The zero-order chi connectivity index (χ0) is 17.2. The van der Waals surface area contributed by atoms with Crippen molar-refractivity contribution in [2.75, 3.05) is 38.5 Å². The lowest BCUT2D eigenvalue weighted by molar-refractivity contribution is -0.147. The fourth-order valence-corrected chi connectivity index (χ4v) is 2.61. The van der Waals surface area contributed by atoms with E-state index in [0.29, 0.717) is 13.1 Å². The Balaban J connectivity index is 2.06. The third-order valence-electron chi connectivity index (χ3n) is 4.66. The first-order chi connectivity index (χ1) is 10.7. The maximum absolute atomic E-state index is 12.7. The summed E-state index contributed by atoms with van der Waals surface area (Å²) in [4.78, 5) is 29.3. The minimum Gasteiger partial charge on any atom is -0.339 e. The quantitative estimate of drug-likeness (QED) is 0.868. The van der Waals surface area contributed by atoms with E-state index < -0.39 is 5.41 Å². The summed E-state index contributed by atoms with van der Waals surface area (Å²) in [5.41, 5.74) is 1.95. The molecule has 1 aliphatic heterocycles. The van der Waals surface area contributed by atoms with Crippen molar-refractivity contribution >= 4 is 17.5 Å². The normalized spacial score (nSPS) is 16.3. The van der Waals surface area contributed by atoms with Crippen molar-refractivity contribution in [3.05, 3.63) is 29.3 Å². The van der Waals surface area contributed by atoms with E-state index in [2.05, 4.69) is 10.2 Å². The van der Waals surface area contributed by atoms with Crippen molar-refractivity contribution in [2.45, 2.75) is 27.7 Å². The topological polar surface area (TPSA) is 52.7 Å². The average molecular weight is 317 g/mol. The Morgan fingerprint density at radius 3 is 2.22 bits per heavy atom. The van der Waals surface area contributed by atoms with Crippen LogP contribution in [0.1, 0.15) is 25.0 Å². The van der Waals surface area contributed by atoms with Crippen molar-refractivity contribution in [1.29, 1.82) is 0 Å². The highest BCUT2D eigenvalue weighted by Crippen LogP contribution is 2.23. The predicted octanol–water partition coefficient (Wildman–Crippen LogP) is 2.04. The standard InChI is InChI=1S/C18H27N3O2/c1-13-6-7-15(12-14(13)2)19-16(22)18(3,4)17(23)21-10-8-20(5)9-11-21/h6-7,12H,8-11H2,1-5H3,(H,19,22). The Bertz CT molecular complexity index is 602. The van der Waals surface area contributed by atoms with Gasteiger partial charge in [0.15, 0.2) is 0 Å². The van der Waals surface area contributed by atoms with Crippen LogP contribution in [0.2, 0.25) is 0 Å². The van der Waals surface area contributed by atoms with Gasteiger partial charge in [-0.1, -0.05) is 6.07 Å². The Labute approximate surface area is 138 Å². The van der Waals surface area contributed by atoms with Gasteiger partial charge in [0.1, 0.15) is 5.41 Å². The van der Waals surface area contributed by atoms with Crippen molar-refractivity contribution in [3.63, 3.8) is 0 Å². The highest BCUT2D eigenvalue weighted by atomic mass is 16.2. The number of hydrogen-bond acceptors (Lipinski definition) is 3. The van der Waals surface area contributed by atoms with Gasteiger partial charge in [-0.2, -0.15) is 0 Å². The largest absolute Gasteiger partial charge is 0.339 e. The zero-order valence-corrected chi connectivity index (χ0v) is 14.8. The first-order valence-electron chi connectivity index (χ1n) is 8.08. The first-order valence-corrected chi connectivity index (χ1v) is 8.08. The Morgan fingerprint density at radius 2 is 1.65 bits per heavy atom. The molecule has 1 aliphatic rings. The SMILES string of the molecule is Cc1ccc(NC(=O)C(C)(C)C(=O)N2CCN(C)CC2)cc1C. The van der Waals surface area contributed by atoms with Gasteiger partial charge < -0.3 is 15.1 Å². The molecule has 0 unspecified atom stereocenters. The number of aryl methyl sites for hydroxylation is 2. The van der Waals surface area contributed by atoms with Gasteiger partial charge in [0, 0.05) is 31.9 Å². The third-order valence-corrected chi connectivity index (χ3v) is 4.66. The maximum Gasteiger partial charge on any atom is 0.239 e. The Morgan fingerprint density at radius 1 is 1.04 bits per heavy atom. The highest BCUT2D eigenvalue weighted by Gasteiger charge is 2.39. The molecule has 1 saturated heterocycles. The van der Waals surface area contributed by atoms with Crippen molar-refractivity contribution < 1.29 is 9.59 Å². The van der Waals surface area contributed by atoms with E-state index >= 15 is 0 Å². The molecular weight excluding hydrogens is 290 g/mol. The molecule has 0 aliphatic carbocycles. The van der Waals surface area contributed by atoms with Crippen LogP contribution in [-0.4, -0.2) is 54.8 Å². The second kappa shape index (κ2) is 6.71. The number of amides is 2. The second-order valence-electron chi connectivity index (χ2n) is 6.97. The van der Waals surface area contributed by atoms with Crippen LogP contribution in [0.3, 0.4) is 0 Å². The monoisotopic (exact) mass is 317 g/mol. The minimum absolute atomic E-state index is 0.105. The van der Waals surface area contributed by atoms with Crippen LogP contribution in [0, 0.1) is 19.3 Å². The predicted molar refractivity (Wildman–Crippen MR) is 92.4 cm³/mol. The van der Waals surface area contributed by atoms with E-state index in [1.165, 1.54) is 5.56 Å². The summed E-state index contributed by atoms with van der Waals surface area (Å²) in [5, 5.41) is 2.88. The lowest BCUT2D eigenvalue weighted by Gasteiger charge is -2.36. The van der Waals surface area contributed by atoms with E-state index in [0.717, 1.165) is 24.3 Å². The van der Waals surface area contributed by atoms with Gasteiger partial charge in [-0.05, 0) is 58.0 Å². The fraction of sp³-hybridized carbons (Fsp3) is 0.556. The van der Waals surface area contributed by atoms with E-state index in [4.69, 9.17) is 0 Å². The van der Waals surface area contributed by atoms with Crippen molar-refractivity contribution in [1.82, 2.24) is 9.80 Å². The van der Waals surface area contributed by atoms with Crippen LogP contribution >= 0.6 is 0 Å². The number of benzene rings is 1. The molecule has 2 rings (SSSR count). The summed E-state index contributed by atoms with van der Waals surface area (Å²) < 4.78 is 0. The molecule has 23 heavy (non-hydrogen) atoms. The Hall–Kier alpha value is -1.88. The van der Waals surface area contributed by atoms with E-state index in [1.807, 2.05) is 39.1 Å². The van der Waals surface area contributed by atoms with Crippen LogP contribution < -0.4 is 5.32 Å². The number of nitrogens with one attached hydrogen (secondary N) is 1. The van der Waals surface area contributed by atoms with Crippen LogP contribution in [-0.2, 0) is 9.59 Å². The first kappa shape index (κ1) is 17.5. The van der Waals surface area contributed by atoms with Gasteiger partial charge in [-0.25, -0.2) is 0 Å². The fourth-order valence-electron chi connectivity index (χ4n) is 2.61. The van der Waals surface area contributed by atoms with Gasteiger partial charge in [-0.15, -0.1) is 0 Å². The average Bonchev–Trinajstić information content (AvgIpc) is 2.51. The molecule has 1 heterocycles. The molecule has 2 amide bonds. The van der Waals surface area contributed by atoms with Gasteiger partial charge in [0.05, 0.1) is 0 Å². The van der Waals surface area contributed by atoms with Crippen LogP contribution in [0.25, 0.3) is 0 Å². The molecule has 1 fully saturated rings. The van der Waals surface area contributed by atoms with Crippen molar-refractivity contribution in [2.24, 2.45) is 5.41 Å². The number of anilines is 1. The number of rotatable bonds is 3. The molecule has 0 aromatic heterocycles. The molecule has 5 heteroatoms. The number of carbonyl (C=O) groups excluding carboxylic acids is 2. The lowest BCUT2D eigenvalue weighted by Crippen LogP contribution is -2.53. The second-order valence-corrected chi connectivity index (χ2v) is 6.97. The van der Waals surface area contributed by atoms with Crippen LogP contribution in [0.4, 0.5) is 5.69 Å². The number of hydrogen-bond donors (Lipinski definition) is 1. The van der Waals surface area contributed by atoms with E-state index in [1.54, 1.807) is 18.7 Å². The molecule has 1 aromatic carbocycles. The zero-order valence-electron chi connectivity index (χ0n) is 14.8. The molecule has 126 valence electrons. The molecule has 0 spiro atoms. The van der Waals surface area contributed by atoms with Gasteiger partial charge in [-0.3, -0.25) is 9.59 Å². The molecular formula is C18H27N3O2. The van der Waals surface area contributed by atoms with Crippen LogP contribution in [0.5, 0.6) is 0 Å². The molecule has 0 radical (unpaired) electrons. The number of nitrogens with zero attached hydrogens (tertiary/aromatic N) is 2. The lowest BCUT2D eigenvalue weighted by atomic mass is 9.89. The Kier molecular flexibility index (Phi) is 5.09.